The van der Waals surface area contributed by atoms with Gasteiger partial charge in [-0.25, -0.2) is 4.79 Å². The molecule has 0 aliphatic rings. The quantitative estimate of drug-likeness (QED) is 0.210. The summed E-state index contributed by atoms with van der Waals surface area (Å²) in [5.74, 6) is -1.74. The van der Waals surface area contributed by atoms with Gasteiger partial charge in [0, 0.05) is 9.92 Å². The summed E-state index contributed by atoms with van der Waals surface area (Å²) in [4.78, 5) is 24.7. The summed E-state index contributed by atoms with van der Waals surface area (Å²) >= 11 is 6.99. The van der Waals surface area contributed by atoms with E-state index in [1.807, 2.05) is 30.3 Å². The predicted molar refractivity (Wildman–Crippen MR) is 96.4 cm³/mol. The number of ketones is 1. The Morgan fingerprint density at radius 3 is 2.58 bits per heavy atom. The maximum Gasteiger partial charge on any atom is 0.382 e. The van der Waals surface area contributed by atoms with Gasteiger partial charge in [0.25, 0.3) is 5.78 Å². The largest absolute Gasteiger partial charge is 0.460 e. The molecule has 0 amide bonds. The number of benzene rings is 2. The molecule has 0 unspecified atom stereocenters. The molecule has 7 heteroatoms. The van der Waals surface area contributed by atoms with Crippen molar-refractivity contribution in [3.63, 3.8) is 0 Å². The second kappa shape index (κ2) is 9.10. The van der Waals surface area contributed by atoms with Crippen LogP contribution in [0.3, 0.4) is 0 Å². The number of hydrogen-bond donors (Lipinski definition) is 1. The fourth-order valence-electron chi connectivity index (χ4n) is 1.68. The van der Waals surface area contributed by atoms with Gasteiger partial charge in [-0.1, -0.05) is 47.6 Å². The number of carbonyl (C=O) groups excluding carboxylic acids is 2. The van der Waals surface area contributed by atoms with Crippen LogP contribution in [0.5, 0.6) is 0 Å². The third-order valence-electron chi connectivity index (χ3n) is 2.72. The van der Waals surface area contributed by atoms with Gasteiger partial charge in [-0.15, -0.1) is 0 Å². The molecular weight excluding hydrogens is 348 g/mol. The standard InChI is InChI=1S/C17H15ClN2O3S/c1-2-23-17(22)15(21)16(24-14-9-4-3-5-10-14)20-19-13-8-6-7-12(18)11-13/h3-11,19H,2H2,1H3. The molecule has 0 heterocycles. The first kappa shape index (κ1) is 18.0. The summed E-state index contributed by atoms with van der Waals surface area (Å²) in [6.07, 6.45) is 0. The van der Waals surface area contributed by atoms with Crippen LogP contribution in [0, 0.1) is 0 Å². The first-order valence-electron chi connectivity index (χ1n) is 7.13. The van der Waals surface area contributed by atoms with Crippen molar-refractivity contribution >= 4 is 45.8 Å². The SMILES string of the molecule is CCOC(=O)C(=O)C(=NNc1cccc(Cl)c1)Sc1ccccc1. The van der Waals surface area contributed by atoms with Crippen LogP contribution in [0.2, 0.25) is 5.02 Å². The first-order valence-corrected chi connectivity index (χ1v) is 8.33. The van der Waals surface area contributed by atoms with Crippen LogP contribution in [0.15, 0.2) is 64.6 Å². The van der Waals surface area contributed by atoms with Gasteiger partial charge in [0.05, 0.1) is 12.3 Å². The highest BCUT2D eigenvalue weighted by Crippen LogP contribution is 2.21. The second-order valence-corrected chi connectivity index (χ2v) is 6.00. The molecule has 2 aromatic rings. The van der Waals surface area contributed by atoms with E-state index in [-0.39, 0.29) is 11.7 Å². The Hall–Kier alpha value is -2.31. The summed E-state index contributed by atoms with van der Waals surface area (Å²) in [6, 6.07) is 16.0. The molecule has 124 valence electrons. The zero-order chi connectivity index (χ0) is 17.4. The third kappa shape index (κ3) is 5.40. The van der Waals surface area contributed by atoms with Gasteiger partial charge >= 0.3 is 5.97 Å². The number of anilines is 1. The van der Waals surface area contributed by atoms with E-state index in [4.69, 9.17) is 16.3 Å². The summed E-state index contributed by atoms with van der Waals surface area (Å²) < 4.78 is 4.76. The van der Waals surface area contributed by atoms with Crippen molar-refractivity contribution in [3.05, 3.63) is 59.6 Å². The number of thioether (sulfide) groups is 1. The lowest BCUT2D eigenvalue weighted by atomic mass is 10.3. The lowest BCUT2D eigenvalue weighted by Gasteiger charge is -2.07. The van der Waals surface area contributed by atoms with Gasteiger partial charge in [-0.3, -0.25) is 10.2 Å². The molecule has 0 aromatic heterocycles. The molecule has 2 rings (SSSR count). The van der Waals surface area contributed by atoms with Crippen LogP contribution >= 0.6 is 23.4 Å². The Bertz CT molecular complexity index is 751. The molecule has 0 saturated heterocycles. The highest BCUT2D eigenvalue weighted by atomic mass is 35.5. The highest BCUT2D eigenvalue weighted by molar-refractivity contribution is 8.16. The second-order valence-electron chi connectivity index (χ2n) is 4.50. The van der Waals surface area contributed by atoms with Gasteiger partial charge in [-0.2, -0.15) is 5.10 Å². The number of hydrazone groups is 1. The van der Waals surface area contributed by atoms with E-state index in [1.165, 1.54) is 0 Å². The molecular formula is C17H15ClN2O3S. The zero-order valence-corrected chi connectivity index (χ0v) is 14.4. The molecule has 0 saturated carbocycles. The topological polar surface area (TPSA) is 67.8 Å². The molecule has 0 aliphatic carbocycles. The van der Waals surface area contributed by atoms with E-state index in [0.29, 0.717) is 10.7 Å². The van der Waals surface area contributed by atoms with Crippen molar-refractivity contribution in [1.82, 2.24) is 0 Å². The fraction of sp³-hybridized carbons (Fsp3) is 0.118. The van der Waals surface area contributed by atoms with Crippen LogP contribution < -0.4 is 5.43 Å². The Balaban J connectivity index is 2.22. The molecule has 0 radical (unpaired) electrons. The number of ether oxygens (including phenoxy) is 1. The number of halogens is 1. The number of nitrogens with one attached hydrogen (secondary N) is 1. The minimum Gasteiger partial charge on any atom is -0.460 e. The first-order chi connectivity index (χ1) is 11.6. The lowest BCUT2D eigenvalue weighted by Crippen LogP contribution is -2.25. The van der Waals surface area contributed by atoms with E-state index in [9.17, 15) is 9.59 Å². The third-order valence-corrected chi connectivity index (χ3v) is 3.94. The molecule has 0 spiro atoms. The van der Waals surface area contributed by atoms with E-state index < -0.39 is 11.8 Å². The van der Waals surface area contributed by atoms with Gasteiger partial charge in [0.1, 0.15) is 0 Å². The summed E-state index contributed by atoms with van der Waals surface area (Å²) in [6.45, 7) is 1.76. The lowest BCUT2D eigenvalue weighted by molar-refractivity contribution is -0.150. The van der Waals surface area contributed by atoms with Gasteiger partial charge < -0.3 is 4.74 Å². The number of rotatable bonds is 6. The normalized spacial score (nSPS) is 11.0. The number of esters is 1. The van der Waals surface area contributed by atoms with Gasteiger partial charge in [0.2, 0.25) is 0 Å². The fourth-order valence-corrected chi connectivity index (χ4v) is 2.65. The predicted octanol–water partition coefficient (Wildman–Crippen LogP) is 3.99. The van der Waals surface area contributed by atoms with Gasteiger partial charge in [0.15, 0.2) is 5.04 Å². The van der Waals surface area contributed by atoms with E-state index in [2.05, 4.69) is 10.5 Å². The summed E-state index contributed by atoms with van der Waals surface area (Å²) in [5.41, 5.74) is 3.34. The Morgan fingerprint density at radius 2 is 1.92 bits per heavy atom. The minimum absolute atomic E-state index is 0.0142. The van der Waals surface area contributed by atoms with Crippen molar-refractivity contribution in [2.45, 2.75) is 11.8 Å². The van der Waals surface area contributed by atoms with Crippen LogP contribution in [0.25, 0.3) is 0 Å². The average Bonchev–Trinajstić information content (AvgIpc) is 2.59. The van der Waals surface area contributed by atoms with Crippen LogP contribution in [-0.4, -0.2) is 23.4 Å². The number of Topliss-reactive ketones (excluding diaryl/α,β-unsaturated/α-hetero) is 1. The van der Waals surface area contributed by atoms with E-state index >= 15 is 0 Å². The summed E-state index contributed by atoms with van der Waals surface area (Å²) in [5, 5.41) is 4.57. The molecule has 0 fully saturated rings. The molecule has 0 bridgehead atoms. The monoisotopic (exact) mass is 362 g/mol. The molecule has 24 heavy (non-hydrogen) atoms. The summed E-state index contributed by atoms with van der Waals surface area (Å²) in [7, 11) is 0. The van der Waals surface area contributed by atoms with Crippen molar-refractivity contribution in [2.24, 2.45) is 5.10 Å². The maximum absolute atomic E-state index is 12.2. The molecule has 0 aliphatic heterocycles. The van der Waals surface area contributed by atoms with Crippen LogP contribution in [0.4, 0.5) is 5.69 Å². The van der Waals surface area contributed by atoms with Crippen molar-refractivity contribution in [3.8, 4) is 0 Å². The molecule has 1 N–H and O–H groups in total. The van der Waals surface area contributed by atoms with E-state index in [1.54, 1.807) is 31.2 Å². The van der Waals surface area contributed by atoms with Crippen LogP contribution in [0.1, 0.15) is 6.92 Å². The Kier molecular flexibility index (Phi) is 6.84. The van der Waals surface area contributed by atoms with Crippen LogP contribution in [-0.2, 0) is 14.3 Å². The van der Waals surface area contributed by atoms with E-state index in [0.717, 1.165) is 16.7 Å². The molecule has 2 aromatic carbocycles. The van der Waals surface area contributed by atoms with Crippen molar-refractivity contribution in [2.75, 3.05) is 12.0 Å². The number of hydrogen-bond acceptors (Lipinski definition) is 6. The van der Waals surface area contributed by atoms with Crippen molar-refractivity contribution < 1.29 is 14.3 Å². The molecule has 0 atom stereocenters. The molecule has 5 nitrogen and oxygen atoms in total. The smallest absolute Gasteiger partial charge is 0.382 e. The maximum atomic E-state index is 12.2. The highest BCUT2D eigenvalue weighted by Gasteiger charge is 2.23. The average molecular weight is 363 g/mol. The minimum atomic E-state index is -0.937. The Morgan fingerprint density at radius 1 is 1.17 bits per heavy atom. The van der Waals surface area contributed by atoms with Crippen molar-refractivity contribution in [1.29, 1.82) is 0 Å². The number of nitrogens with zero attached hydrogens (tertiary/aromatic N) is 1. The number of carbonyl (C=O) groups is 2. The van der Waals surface area contributed by atoms with Gasteiger partial charge in [-0.05, 0) is 37.3 Å². The Labute approximate surface area is 149 Å². The zero-order valence-electron chi connectivity index (χ0n) is 12.9.